The molecular weight excluding hydrogens is 499 g/mol. The van der Waals surface area contributed by atoms with Gasteiger partial charge in [0.2, 0.25) is 20.9 Å². The number of hydrogen-bond donors (Lipinski definition) is 1. The molecule has 2 fully saturated rings. The van der Waals surface area contributed by atoms with E-state index in [1.54, 1.807) is 27.7 Å². The van der Waals surface area contributed by atoms with Gasteiger partial charge in [-0.15, -0.1) is 0 Å². The number of hydrogen-bond acceptors (Lipinski definition) is 9. The van der Waals surface area contributed by atoms with Crippen LogP contribution in [0.3, 0.4) is 0 Å². The van der Waals surface area contributed by atoms with Crippen LogP contribution in [0.15, 0.2) is 17.6 Å². The van der Waals surface area contributed by atoms with E-state index in [1.807, 2.05) is 27.7 Å². The van der Waals surface area contributed by atoms with Crippen LogP contribution in [-0.4, -0.2) is 83.6 Å². The molecule has 0 unspecified atom stereocenters. The van der Waals surface area contributed by atoms with Gasteiger partial charge in [0.05, 0.1) is 17.0 Å². The number of sulfone groups is 1. The number of nitrogens with zero attached hydrogens (tertiary/aromatic N) is 3. The lowest BCUT2D eigenvalue weighted by molar-refractivity contribution is -0.136. The van der Waals surface area contributed by atoms with Crippen LogP contribution in [0.1, 0.15) is 74.7 Å². The van der Waals surface area contributed by atoms with E-state index in [2.05, 4.69) is 15.3 Å². The van der Waals surface area contributed by atoms with Crippen LogP contribution in [0.4, 0.5) is 4.79 Å². The summed E-state index contributed by atoms with van der Waals surface area (Å²) in [7, 11) is -4.60. The van der Waals surface area contributed by atoms with Gasteiger partial charge in [-0.05, 0) is 74.7 Å². The third-order valence-corrected chi connectivity index (χ3v) is 8.47. The van der Waals surface area contributed by atoms with Crippen molar-refractivity contribution in [2.45, 2.75) is 109 Å². The molecule has 13 heteroatoms. The fourth-order valence-corrected chi connectivity index (χ4v) is 5.60. The van der Waals surface area contributed by atoms with E-state index in [9.17, 15) is 18.0 Å². The Labute approximate surface area is 220 Å². The topological polar surface area (TPSA) is 137 Å². The first-order valence-corrected chi connectivity index (χ1v) is 14.3. The first-order valence-electron chi connectivity index (χ1n) is 12.6. The summed E-state index contributed by atoms with van der Waals surface area (Å²) in [5, 5.41) is 2.23. The first kappa shape index (κ1) is 29.3. The maximum absolute atomic E-state index is 13.2. The number of carbonyl (C=O) groups is 2. The number of likely N-dealkylation sites (tertiary alicyclic amines) is 1. The lowest BCUT2D eigenvalue weighted by atomic mass is 9.81. The van der Waals surface area contributed by atoms with Crippen LogP contribution in [0, 0.1) is 0 Å². The molecule has 3 rings (SSSR count). The molecule has 0 radical (unpaired) electrons. The minimum absolute atomic E-state index is 0.312. The van der Waals surface area contributed by atoms with Crippen LogP contribution < -0.4 is 10.8 Å². The molecule has 0 bridgehead atoms. The van der Waals surface area contributed by atoms with Crippen LogP contribution in [0.2, 0.25) is 0 Å². The smallest absolute Gasteiger partial charge is 0.444 e. The maximum atomic E-state index is 13.2. The molecule has 1 N–H and O–H groups in total. The molecule has 2 aliphatic heterocycles. The van der Waals surface area contributed by atoms with Gasteiger partial charge < -0.3 is 24.3 Å². The number of nitrogens with one attached hydrogen (secondary N) is 1. The summed E-state index contributed by atoms with van der Waals surface area (Å²) in [6, 6.07) is -1.42. The van der Waals surface area contributed by atoms with Crippen molar-refractivity contribution >= 4 is 34.4 Å². The number of rotatable bonds is 6. The molecule has 2 saturated heterocycles. The molecule has 206 valence electrons. The Morgan fingerprint density at radius 3 is 2.27 bits per heavy atom. The maximum Gasteiger partial charge on any atom is 0.498 e. The summed E-state index contributed by atoms with van der Waals surface area (Å²) >= 11 is 0. The van der Waals surface area contributed by atoms with Crippen molar-refractivity contribution in [3.05, 3.63) is 12.4 Å². The summed E-state index contributed by atoms with van der Waals surface area (Å²) in [5.74, 6) is -0.670. The van der Waals surface area contributed by atoms with E-state index in [0.717, 1.165) is 12.8 Å². The highest BCUT2D eigenvalue weighted by Crippen LogP contribution is 2.36. The Bertz CT molecular complexity index is 1090. The van der Waals surface area contributed by atoms with E-state index in [4.69, 9.17) is 14.0 Å². The Hall–Kier alpha value is -2.25. The standard InChI is InChI=1S/C24H39BN4O7S/c1-16(28-21(31)34-22(2,3)4)19(30)29-12-10-9-11-18(29)15-37(32,33)20-26-13-17(14-27-20)25-35-23(5,6)24(7,8)36-25/h13-14,16,18H,9-12,15H2,1-8H3,(H,28,31)/t16-,18-/m1/s1. The van der Waals surface area contributed by atoms with Crippen molar-refractivity contribution in [3.63, 3.8) is 0 Å². The second-order valence-corrected chi connectivity index (χ2v) is 13.6. The highest BCUT2D eigenvalue weighted by molar-refractivity contribution is 7.91. The summed E-state index contributed by atoms with van der Waals surface area (Å²) in [6.07, 6.45) is 4.17. The van der Waals surface area contributed by atoms with Crippen LogP contribution in [0.25, 0.3) is 0 Å². The molecule has 0 spiro atoms. The zero-order chi connectivity index (χ0) is 27.8. The second kappa shape index (κ2) is 10.5. The number of alkyl carbamates (subject to hydrolysis) is 1. The quantitative estimate of drug-likeness (QED) is 0.425. The molecule has 11 nitrogen and oxygen atoms in total. The average molecular weight is 538 g/mol. The second-order valence-electron chi connectivity index (χ2n) is 11.7. The molecule has 0 aliphatic carbocycles. The van der Waals surface area contributed by atoms with Gasteiger partial charge in [0.25, 0.3) is 0 Å². The predicted molar refractivity (Wildman–Crippen MR) is 138 cm³/mol. The largest absolute Gasteiger partial charge is 0.498 e. The molecule has 0 aromatic carbocycles. The van der Waals surface area contributed by atoms with Gasteiger partial charge in [0.15, 0.2) is 0 Å². The monoisotopic (exact) mass is 538 g/mol. The molecule has 2 amide bonds. The fraction of sp³-hybridized carbons (Fsp3) is 0.750. The van der Waals surface area contributed by atoms with Gasteiger partial charge in [0.1, 0.15) is 11.6 Å². The van der Waals surface area contributed by atoms with Gasteiger partial charge in [-0.2, -0.15) is 0 Å². The SMILES string of the molecule is C[C@@H](NC(=O)OC(C)(C)C)C(=O)N1CCCC[C@@H]1CS(=O)(=O)c1ncc(B2OC(C)(C)C(C)(C)O2)cn1. The van der Waals surface area contributed by atoms with Gasteiger partial charge in [-0.3, -0.25) is 4.79 Å². The molecule has 1 aromatic rings. The Balaban J connectivity index is 1.68. The summed E-state index contributed by atoms with van der Waals surface area (Å²) in [4.78, 5) is 35.0. The van der Waals surface area contributed by atoms with E-state index in [1.165, 1.54) is 17.3 Å². The third-order valence-electron chi connectivity index (χ3n) is 6.88. The van der Waals surface area contributed by atoms with Crippen molar-refractivity contribution in [2.75, 3.05) is 12.3 Å². The molecule has 37 heavy (non-hydrogen) atoms. The van der Waals surface area contributed by atoms with Crippen molar-refractivity contribution in [1.29, 1.82) is 0 Å². The molecule has 1 aromatic heterocycles. The highest BCUT2D eigenvalue weighted by atomic mass is 32.2. The summed E-state index contributed by atoms with van der Waals surface area (Å²) in [6.45, 7) is 14.9. The normalized spacial score (nSPS) is 22.4. The Morgan fingerprint density at radius 2 is 1.73 bits per heavy atom. The van der Waals surface area contributed by atoms with E-state index in [-0.39, 0.29) is 16.8 Å². The molecule has 2 aliphatic rings. The minimum Gasteiger partial charge on any atom is -0.444 e. The van der Waals surface area contributed by atoms with Crippen molar-refractivity contribution in [1.82, 2.24) is 20.2 Å². The van der Waals surface area contributed by atoms with Crippen molar-refractivity contribution in [3.8, 4) is 0 Å². The molecular formula is C24H39BN4O7S. The van der Waals surface area contributed by atoms with Crippen LogP contribution in [-0.2, 0) is 28.7 Å². The number of carbonyl (C=O) groups excluding carboxylic acids is 2. The third kappa shape index (κ3) is 7.00. The van der Waals surface area contributed by atoms with Crippen molar-refractivity contribution in [2.24, 2.45) is 0 Å². The summed E-state index contributed by atoms with van der Waals surface area (Å²) in [5.41, 5.74) is -1.27. The minimum atomic E-state index is -3.89. The summed E-state index contributed by atoms with van der Waals surface area (Å²) < 4.78 is 43.6. The van der Waals surface area contributed by atoms with Gasteiger partial charge in [-0.1, -0.05) is 0 Å². The van der Waals surface area contributed by atoms with E-state index in [0.29, 0.717) is 18.4 Å². The molecule has 3 heterocycles. The van der Waals surface area contributed by atoms with Gasteiger partial charge >= 0.3 is 13.2 Å². The van der Waals surface area contributed by atoms with Gasteiger partial charge in [-0.25, -0.2) is 23.2 Å². The molecule has 0 saturated carbocycles. The first-order chi connectivity index (χ1) is 16.9. The van der Waals surface area contributed by atoms with Crippen molar-refractivity contribution < 1.29 is 32.1 Å². The lowest BCUT2D eigenvalue weighted by Gasteiger charge is -2.37. The van der Waals surface area contributed by atoms with Crippen LogP contribution >= 0.6 is 0 Å². The van der Waals surface area contributed by atoms with Crippen LogP contribution in [0.5, 0.6) is 0 Å². The number of amides is 2. The number of piperidine rings is 1. The van der Waals surface area contributed by atoms with E-state index >= 15 is 0 Å². The Morgan fingerprint density at radius 1 is 1.16 bits per heavy atom. The van der Waals surface area contributed by atoms with E-state index < -0.39 is 51.9 Å². The zero-order valence-corrected chi connectivity index (χ0v) is 23.8. The predicted octanol–water partition coefficient (Wildman–Crippen LogP) is 1.84. The van der Waals surface area contributed by atoms with Gasteiger partial charge in [0, 0.05) is 30.4 Å². The Kier molecular flexibility index (Phi) is 8.31. The number of aromatic nitrogens is 2. The zero-order valence-electron chi connectivity index (χ0n) is 23.0. The fourth-order valence-electron chi connectivity index (χ4n) is 4.17. The average Bonchev–Trinajstić information content (AvgIpc) is 2.99. The lowest BCUT2D eigenvalue weighted by Crippen LogP contribution is -2.54. The highest BCUT2D eigenvalue weighted by Gasteiger charge is 2.52. The molecule has 2 atom stereocenters. The number of ether oxygens (including phenoxy) is 1.